The van der Waals surface area contributed by atoms with Crippen molar-refractivity contribution in [2.24, 2.45) is 0 Å². The number of rotatable bonds is 5. The Hall–Kier alpha value is -2.71. The second kappa shape index (κ2) is 8.75. The van der Waals surface area contributed by atoms with Gasteiger partial charge >= 0.3 is 0 Å². The highest BCUT2D eigenvalue weighted by Gasteiger charge is 2.34. The van der Waals surface area contributed by atoms with Gasteiger partial charge in [0.25, 0.3) is 11.8 Å². The van der Waals surface area contributed by atoms with Crippen molar-refractivity contribution in [1.29, 1.82) is 0 Å². The number of aryl methyl sites for hydroxylation is 1. The van der Waals surface area contributed by atoms with E-state index in [0.29, 0.717) is 27.2 Å². The van der Waals surface area contributed by atoms with Crippen molar-refractivity contribution in [1.82, 2.24) is 5.32 Å². The fourth-order valence-corrected chi connectivity index (χ4v) is 3.86. The number of methoxy groups -OCH3 is 2. The number of nitrogens with zero attached hydrogens (tertiary/aromatic N) is 1. The molecule has 0 aromatic heterocycles. The molecule has 0 aliphatic carbocycles. The van der Waals surface area contributed by atoms with Gasteiger partial charge in [-0.15, -0.1) is 0 Å². The molecule has 8 heteroatoms. The summed E-state index contributed by atoms with van der Waals surface area (Å²) in [7, 11) is 3.04. The maximum atomic E-state index is 13.1. The van der Waals surface area contributed by atoms with Crippen molar-refractivity contribution >= 4 is 56.8 Å². The summed E-state index contributed by atoms with van der Waals surface area (Å²) in [5.41, 5.74) is 2.30. The Kier molecular flexibility index (Phi) is 6.34. The van der Waals surface area contributed by atoms with Crippen LogP contribution >= 0.6 is 28.1 Å². The highest BCUT2D eigenvalue weighted by molar-refractivity contribution is 9.10. The van der Waals surface area contributed by atoms with Crippen LogP contribution in [0.5, 0.6) is 11.5 Å². The van der Waals surface area contributed by atoms with Gasteiger partial charge in [-0.2, -0.15) is 0 Å². The van der Waals surface area contributed by atoms with Crippen LogP contribution in [-0.4, -0.2) is 31.1 Å². The van der Waals surface area contributed by atoms with Gasteiger partial charge in [-0.3, -0.25) is 19.8 Å². The van der Waals surface area contributed by atoms with E-state index in [-0.39, 0.29) is 10.7 Å². The van der Waals surface area contributed by atoms with Crippen LogP contribution in [0.3, 0.4) is 0 Å². The Morgan fingerprint density at radius 3 is 2.41 bits per heavy atom. The molecule has 2 aromatic rings. The number of thiocarbonyl (C=S) groups is 1. The average molecular weight is 475 g/mol. The number of nitrogens with one attached hydrogen (secondary N) is 1. The number of benzene rings is 2. The number of carbonyl (C=O) groups excluding carboxylic acids is 2. The molecule has 1 N–H and O–H groups in total. The quantitative estimate of drug-likeness (QED) is 0.404. The van der Waals surface area contributed by atoms with Crippen LogP contribution in [0.4, 0.5) is 5.69 Å². The Bertz CT molecular complexity index is 1020. The lowest BCUT2D eigenvalue weighted by Gasteiger charge is -2.29. The lowest BCUT2D eigenvalue weighted by molar-refractivity contribution is -0.122. The fourth-order valence-electron chi connectivity index (χ4n) is 2.96. The maximum absolute atomic E-state index is 13.1. The minimum absolute atomic E-state index is 0.0303. The average Bonchev–Trinajstić information content (AvgIpc) is 2.71. The topological polar surface area (TPSA) is 67.9 Å². The summed E-state index contributed by atoms with van der Waals surface area (Å²) >= 11 is 8.65. The summed E-state index contributed by atoms with van der Waals surface area (Å²) in [5, 5.41) is 2.64. The first-order chi connectivity index (χ1) is 13.9. The number of hydrogen-bond donors (Lipinski definition) is 1. The van der Waals surface area contributed by atoms with Crippen LogP contribution in [-0.2, 0) is 16.0 Å². The molecule has 2 amide bonds. The highest BCUT2D eigenvalue weighted by Crippen LogP contribution is 2.37. The van der Waals surface area contributed by atoms with Gasteiger partial charge in [0.1, 0.15) is 5.57 Å². The molecule has 1 heterocycles. The van der Waals surface area contributed by atoms with Gasteiger partial charge in [0, 0.05) is 0 Å². The van der Waals surface area contributed by atoms with E-state index in [1.807, 2.05) is 31.2 Å². The van der Waals surface area contributed by atoms with E-state index < -0.39 is 11.8 Å². The van der Waals surface area contributed by atoms with E-state index in [9.17, 15) is 9.59 Å². The molecular weight excluding hydrogens is 456 g/mol. The van der Waals surface area contributed by atoms with Crippen LogP contribution in [0.15, 0.2) is 46.4 Å². The lowest BCUT2D eigenvalue weighted by atomic mass is 10.1. The molecule has 150 valence electrons. The van der Waals surface area contributed by atoms with Gasteiger partial charge in [0.15, 0.2) is 16.6 Å². The van der Waals surface area contributed by atoms with Crippen LogP contribution in [0, 0.1) is 0 Å². The van der Waals surface area contributed by atoms with Crippen molar-refractivity contribution in [2.45, 2.75) is 13.3 Å². The molecule has 1 fully saturated rings. The smallest absolute Gasteiger partial charge is 0.270 e. The van der Waals surface area contributed by atoms with E-state index in [1.165, 1.54) is 25.2 Å². The maximum Gasteiger partial charge on any atom is 0.270 e. The Labute approximate surface area is 182 Å². The first kappa shape index (κ1) is 21.0. The van der Waals surface area contributed by atoms with E-state index in [2.05, 4.69) is 21.2 Å². The number of anilines is 1. The van der Waals surface area contributed by atoms with Gasteiger partial charge in [0.2, 0.25) is 0 Å². The highest BCUT2D eigenvalue weighted by atomic mass is 79.9. The van der Waals surface area contributed by atoms with Gasteiger partial charge in [0.05, 0.1) is 24.4 Å². The van der Waals surface area contributed by atoms with Crippen molar-refractivity contribution in [3.8, 4) is 11.5 Å². The fraction of sp³-hybridized carbons (Fsp3) is 0.190. The second-order valence-electron chi connectivity index (χ2n) is 6.22. The third-order valence-electron chi connectivity index (χ3n) is 4.47. The molecule has 2 aromatic carbocycles. The third kappa shape index (κ3) is 4.18. The summed E-state index contributed by atoms with van der Waals surface area (Å²) in [6.45, 7) is 2.05. The van der Waals surface area contributed by atoms with E-state index in [0.717, 1.165) is 12.0 Å². The molecule has 1 saturated heterocycles. The summed E-state index contributed by atoms with van der Waals surface area (Å²) in [5.74, 6) is -0.0472. The largest absolute Gasteiger partial charge is 0.493 e. The van der Waals surface area contributed by atoms with Crippen LogP contribution in [0.1, 0.15) is 18.1 Å². The monoisotopic (exact) mass is 474 g/mol. The molecule has 0 atom stereocenters. The lowest BCUT2D eigenvalue weighted by Crippen LogP contribution is -2.54. The number of ether oxygens (including phenoxy) is 2. The molecule has 0 saturated carbocycles. The van der Waals surface area contributed by atoms with Gasteiger partial charge in [-0.25, -0.2) is 0 Å². The molecule has 0 radical (unpaired) electrons. The van der Waals surface area contributed by atoms with Gasteiger partial charge < -0.3 is 9.47 Å². The molecule has 6 nitrogen and oxygen atoms in total. The van der Waals surface area contributed by atoms with Crippen LogP contribution < -0.4 is 19.7 Å². The van der Waals surface area contributed by atoms with E-state index in [1.54, 1.807) is 12.1 Å². The van der Waals surface area contributed by atoms with Gasteiger partial charge in [-0.05, 0) is 76.0 Å². The first-order valence-electron chi connectivity index (χ1n) is 8.81. The standard InChI is InChI=1S/C21H19BrN2O4S/c1-4-12-5-7-14(8-6-12)24-20(26)15(19(25)23-21(24)29)9-13-10-16(22)18(28-3)17(11-13)27-2/h5-11H,4H2,1-3H3,(H,23,25,29)/b15-9-. The molecule has 0 unspecified atom stereocenters. The first-order valence-corrected chi connectivity index (χ1v) is 10.0. The zero-order valence-corrected chi connectivity index (χ0v) is 18.5. The molecule has 29 heavy (non-hydrogen) atoms. The van der Waals surface area contributed by atoms with Crippen molar-refractivity contribution in [3.05, 3.63) is 57.6 Å². The number of carbonyl (C=O) groups is 2. The summed E-state index contributed by atoms with van der Waals surface area (Å²) < 4.78 is 11.3. The van der Waals surface area contributed by atoms with E-state index in [4.69, 9.17) is 21.7 Å². The predicted molar refractivity (Wildman–Crippen MR) is 119 cm³/mol. The Balaban J connectivity index is 2.02. The Morgan fingerprint density at radius 1 is 1.14 bits per heavy atom. The van der Waals surface area contributed by atoms with Crippen molar-refractivity contribution < 1.29 is 19.1 Å². The molecule has 3 rings (SSSR count). The number of halogens is 1. The minimum Gasteiger partial charge on any atom is -0.493 e. The zero-order chi connectivity index (χ0) is 21.1. The number of amides is 2. The molecule has 0 bridgehead atoms. The molecule has 0 spiro atoms. The zero-order valence-electron chi connectivity index (χ0n) is 16.1. The molecule has 1 aliphatic rings. The van der Waals surface area contributed by atoms with Gasteiger partial charge in [-0.1, -0.05) is 19.1 Å². The summed E-state index contributed by atoms with van der Waals surface area (Å²) in [4.78, 5) is 26.9. The van der Waals surface area contributed by atoms with Crippen LogP contribution in [0.25, 0.3) is 6.08 Å². The van der Waals surface area contributed by atoms with Crippen molar-refractivity contribution in [3.63, 3.8) is 0 Å². The number of hydrogen-bond acceptors (Lipinski definition) is 5. The van der Waals surface area contributed by atoms with Crippen LogP contribution in [0.2, 0.25) is 0 Å². The van der Waals surface area contributed by atoms with E-state index >= 15 is 0 Å². The predicted octanol–water partition coefficient (Wildman–Crippen LogP) is 3.86. The third-order valence-corrected chi connectivity index (χ3v) is 5.35. The molecular formula is C21H19BrN2O4S. The Morgan fingerprint density at radius 2 is 1.83 bits per heavy atom. The normalized spacial score (nSPS) is 15.5. The summed E-state index contributed by atoms with van der Waals surface area (Å²) in [6, 6.07) is 10.9. The SMILES string of the molecule is CCc1ccc(N2C(=O)/C(=C\c3cc(Br)c(OC)c(OC)c3)C(=O)NC2=S)cc1. The summed E-state index contributed by atoms with van der Waals surface area (Å²) in [6.07, 6.45) is 2.38. The molecule has 1 aliphatic heterocycles. The second-order valence-corrected chi connectivity index (χ2v) is 7.46. The minimum atomic E-state index is -0.549. The van der Waals surface area contributed by atoms with Crippen molar-refractivity contribution in [2.75, 3.05) is 19.1 Å².